The van der Waals surface area contributed by atoms with Crippen molar-refractivity contribution in [1.82, 2.24) is 10.1 Å². The van der Waals surface area contributed by atoms with Gasteiger partial charge in [0.05, 0.1) is 6.42 Å². The van der Waals surface area contributed by atoms with Gasteiger partial charge in [-0.3, -0.25) is 0 Å². The Morgan fingerprint density at radius 1 is 1.38 bits per heavy atom. The van der Waals surface area contributed by atoms with Crippen LogP contribution in [-0.2, 0) is 17.8 Å². The van der Waals surface area contributed by atoms with Gasteiger partial charge in [0, 0.05) is 12.8 Å². The van der Waals surface area contributed by atoms with Crippen LogP contribution >= 0.6 is 0 Å². The molecule has 0 amide bonds. The van der Waals surface area contributed by atoms with Crippen molar-refractivity contribution in [3.05, 3.63) is 41.5 Å². The Kier molecular flexibility index (Phi) is 3.16. The molecular formula is C11H13N3O2. The minimum Gasteiger partial charge on any atom is -0.398 e. The molecule has 1 aromatic carbocycles. The topological polar surface area (TPSA) is 74.2 Å². The molecule has 1 aromatic heterocycles. The largest absolute Gasteiger partial charge is 0.398 e. The molecule has 5 heteroatoms. The third-order valence-electron chi connectivity index (χ3n) is 2.18. The van der Waals surface area contributed by atoms with E-state index in [1.54, 1.807) is 7.11 Å². The zero-order chi connectivity index (χ0) is 11.4. The smallest absolute Gasteiger partial charge is 0.231 e. The molecule has 0 aliphatic rings. The molecule has 0 saturated carbocycles. The monoisotopic (exact) mass is 219 g/mol. The zero-order valence-corrected chi connectivity index (χ0v) is 9.01. The molecule has 0 radical (unpaired) electrons. The van der Waals surface area contributed by atoms with Crippen molar-refractivity contribution < 1.29 is 9.26 Å². The standard InChI is InChI=1S/C11H13N3O2/c1-15-7-10-13-11(16-14-10)6-8-4-2-3-5-9(8)12/h2-5H,6-7,12H2,1H3. The van der Waals surface area contributed by atoms with E-state index in [4.69, 9.17) is 15.0 Å². The van der Waals surface area contributed by atoms with Crippen LogP contribution in [0.3, 0.4) is 0 Å². The Hall–Kier alpha value is -1.88. The summed E-state index contributed by atoms with van der Waals surface area (Å²) >= 11 is 0. The molecule has 2 aromatic rings. The predicted molar refractivity (Wildman–Crippen MR) is 58.7 cm³/mol. The molecule has 0 bridgehead atoms. The Morgan fingerprint density at radius 2 is 2.19 bits per heavy atom. The molecule has 0 aliphatic carbocycles. The Labute approximate surface area is 93.2 Å². The third kappa shape index (κ3) is 2.38. The SMILES string of the molecule is COCc1noc(Cc2ccccc2N)n1. The van der Waals surface area contributed by atoms with Crippen molar-refractivity contribution in [2.24, 2.45) is 0 Å². The number of nitrogens with zero attached hydrogens (tertiary/aromatic N) is 2. The van der Waals surface area contributed by atoms with Crippen LogP contribution in [0.15, 0.2) is 28.8 Å². The molecule has 16 heavy (non-hydrogen) atoms. The van der Waals surface area contributed by atoms with Crippen LogP contribution in [0.25, 0.3) is 0 Å². The lowest BCUT2D eigenvalue weighted by molar-refractivity contribution is 0.174. The number of methoxy groups -OCH3 is 1. The van der Waals surface area contributed by atoms with Crippen LogP contribution in [0.4, 0.5) is 5.69 Å². The molecule has 0 fully saturated rings. The number of anilines is 1. The molecule has 5 nitrogen and oxygen atoms in total. The number of hydrogen-bond donors (Lipinski definition) is 1. The summed E-state index contributed by atoms with van der Waals surface area (Å²) < 4.78 is 9.98. The van der Waals surface area contributed by atoms with Crippen LogP contribution < -0.4 is 5.73 Å². The Bertz CT molecular complexity index is 468. The summed E-state index contributed by atoms with van der Waals surface area (Å²) in [6.45, 7) is 0.355. The number of benzene rings is 1. The molecule has 0 atom stereocenters. The highest BCUT2D eigenvalue weighted by Gasteiger charge is 2.08. The van der Waals surface area contributed by atoms with Gasteiger partial charge >= 0.3 is 0 Å². The van der Waals surface area contributed by atoms with Crippen LogP contribution in [0.5, 0.6) is 0 Å². The van der Waals surface area contributed by atoms with Gasteiger partial charge in [0.2, 0.25) is 5.89 Å². The van der Waals surface area contributed by atoms with Crippen molar-refractivity contribution in [3.8, 4) is 0 Å². The van der Waals surface area contributed by atoms with Crippen molar-refractivity contribution in [2.75, 3.05) is 12.8 Å². The number of aromatic nitrogens is 2. The molecule has 2 N–H and O–H groups in total. The lowest BCUT2D eigenvalue weighted by atomic mass is 10.1. The summed E-state index contributed by atoms with van der Waals surface area (Å²) in [5.41, 5.74) is 7.53. The van der Waals surface area contributed by atoms with E-state index in [0.29, 0.717) is 24.7 Å². The molecule has 84 valence electrons. The minimum atomic E-state index is 0.355. The van der Waals surface area contributed by atoms with Gasteiger partial charge in [0.15, 0.2) is 5.82 Å². The highest BCUT2D eigenvalue weighted by atomic mass is 16.5. The summed E-state index contributed by atoms with van der Waals surface area (Å²) in [5, 5.41) is 3.78. The fourth-order valence-electron chi connectivity index (χ4n) is 1.41. The molecule has 0 aliphatic heterocycles. The van der Waals surface area contributed by atoms with E-state index in [0.717, 1.165) is 11.3 Å². The average molecular weight is 219 g/mol. The zero-order valence-electron chi connectivity index (χ0n) is 9.01. The number of hydrogen-bond acceptors (Lipinski definition) is 5. The maximum absolute atomic E-state index is 5.82. The van der Waals surface area contributed by atoms with Gasteiger partial charge < -0.3 is 15.0 Å². The summed E-state index contributed by atoms with van der Waals surface area (Å²) in [6, 6.07) is 7.61. The van der Waals surface area contributed by atoms with Gasteiger partial charge in [-0.25, -0.2) is 0 Å². The van der Waals surface area contributed by atoms with Crippen LogP contribution in [-0.4, -0.2) is 17.3 Å². The third-order valence-corrected chi connectivity index (χ3v) is 2.18. The fraction of sp³-hybridized carbons (Fsp3) is 0.273. The van der Waals surface area contributed by atoms with E-state index in [2.05, 4.69) is 10.1 Å². The van der Waals surface area contributed by atoms with Gasteiger partial charge in [0.1, 0.15) is 6.61 Å². The van der Waals surface area contributed by atoms with Crippen molar-refractivity contribution >= 4 is 5.69 Å². The first-order valence-electron chi connectivity index (χ1n) is 4.93. The molecule has 0 unspecified atom stereocenters. The summed E-state index contributed by atoms with van der Waals surface area (Å²) in [4.78, 5) is 4.18. The van der Waals surface area contributed by atoms with Gasteiger partial charge in [-0.2, -0.15) is 4.98 Å². The van der Waals surface area contributed by atoms with E-state index in [1.165, 1.54) is 0 Å². The first-order chi connectivity index (χ1) is 7.79. The predicted octanol–water partition coefficient (Wildman–Crippen LogP) is 1.39. The number of nitrogen functional groups attached to an aromatic ring is 1. The van der Waals surface area contributed by atoms with Gasteiger partial charge in [0.25, 0.3) is 0 Å². The van der Waals surface area contributed by atoms with Crippen molar-refractivity contribution in [2.45, 2.75) is 13.0 Å². The van der Waals surface area contributed by atoms with E-state index in [1.807, 2.05) is 24.3 Å². The summed E-state index contributed by atoms with van der Waals surface area (Å²) in [5.74, 6) is 1.09. The quantitative estimate of drug-likeness (QED) is 0.786. The average Bonchev–Trinajstić information content (AvgIpc) is 2.70. The van der Waals surface area contributed by atoms with Gasteiger partial charge in [-0.05, 0) is 11.6 Å². The maximum atomic E-state index is 5.82. The van der Waals surface area contributed by atoms with Gasteiger partial charge in [-0.15, -0.1) is 0 Å². The molecule has 0 saturated heterocycles. The van der Waals surface area contributed by atoms with Crippen molar-refractivity contribution in [3.63, 3.8) is 0 Å². The summed E-state index contributed by atoms with van der Waals surface area (Å²) in [7, 11) is 1.59. The van der Waals surface area contributed by atoms with E-state index >= 15 is 0 Å². The van der Waals surface area contributed by atoms with Crippen molar-refractivity contribution in [1.29, 1.82) is 0 Å². The second-order valence-corrected chi connectivity index (χ2v) is 3.41. The minimum absolute atomic E-state index is 0.355. The van der Waals surface area contributed by atoms with E-state index in [-0.39, 0.29) is 0 Å². The van der Waals surface area contributed by atoms with Crippen LogP contribution in [0.1, 0.15) is 17.3 Å². The van der Waals surface area contributed by atoms with Crippen LogP contribution in [0, 0.1) is 0 Å². The second-order valence-electron chi connectivity index (χ2n) is 3.41. The second kappa shape index (κ2) is 4.76. The maximum Gasteiger partial charge on any atom is 0.231 e. The number of ether oxygens (including phenoxy) is 1. The highest BCUT2D eigenvalue weighted by Crippen LogP contribution is 2.14. The number of nitrogens with two attached hydrogens (primary N) is 1. The fourth-order valence-corrected chi connectivity index (χ4v) is 1.41. The lowest BCUT2D eigenvalue weighted by Crippen LogP contribution is -1.96. The van der Waals surface area contributed by atoms with E-state index in [9.17, 15) is 0 Å². The lowest BCUT2D eigenvalue weighted by Gasteiger charge is -2.00. The Balaban J connectivity index is 2.11. The number of para-hydroxylation sites is 1. The normalized spacial score (nSPS) is 10.6. The molecule has 1 heterocycles. The summed E-state index contributed by atoms with van der Waals surface area (Å²) in [6.07, 6.45) is 0.545. The van der Waals surface area contributed by atoms with Crippen LogP contribution in [0.2, 0.25) is 0 Å². The molecule has 0 spiro atoms. The first kappa shape index (κ1) is 10.6. The first-order valence-corrected chi connectivity index (χ1v) is 4.93. The van der Waals surface area contributed by atoms with Gasteiger partial charge in [-0.1, -0.05) is 23.4 Å². The molecular weight excluding hydrogens is 206 g/mol. The number of rotatable bonds is 4. The molecule has 2 rings (SSSR count). The Morgan fingerprint density at radius 3 is 2.94 bits per heavy atom. The van der Waals surface area contributed by atoms with E-state index < -0.39 is 0 Å². The highest BCUT2D eigenvalue weighted by molar-refractivity contribution is 5.47.